The Kier molecular flexibility index (Phi) is 3.72. The normalized spacial score (nSPS) is 35.3. The minimum atomic E-state index is -0.496. The highest BCUT2D eigenvalue weighted by molar-refractivity contribution is 4.83. The Morgan fingerprint density at radius 1 is 1.58 bits per heavy atom. The number of rotatable bonds is 4. The van der Waals surface area contributed by atoms with E-state index >= 15 is 0 Å². The summed E-state index contributed by atoms with van der Waals surface area (Å²) < 4.78 is 5.38. The van der Waals surface area contributed by atoms with Crippen LogP contribution in [0.1, 0.15) is 19.3 Å². The molecule has 1 fully saturated rings. The van der Waals surface area contributed by atoms with Gasteiger partial charge in [-0.1, -0.05) is 6.08 Å². The zero-order valence-electron chi connectivity index (χ0n) is 7.15. The van der Waals surface area contributed by atoms with Gasteiger partial charge in [-0.2, -0.15) is 0 Å². The second-order valence-corrected chi connectivity index (χ2v) is 3.15. The standard InChI is InChI=1S/C9H16O3/c1-2-3-4-7-5-8(11)9(6-10)12-7/h2,7-11H,1,3-6H2/t7-,8+,9-/m1/s1. The van der Waals surface area contributed by atoms with Crippen molar-refractivity contribution < 1.29 is 14.9 Å². The first-order valence-electron chi connectivity index (χ1n) is 4.33. The maximum absolute atomic E-state index is 9.35. The average molecular weight is 172 g/mol. The molecule has 0 saturated carbocycles. The van der Waals surface area contributed by atoms with E-state index in [1.54, 1.807) is 0 Å². The van der Waals surface area contributed by atoms with E-state index in [4.69, 9.17) is 9.84 Å². The first kappa shape index (κ1) is 9.71. The largest absolute Gasteiger partial charge is 0.394 e. The van der Waals surface area contributed by atoms with Crippen molar-refractivity contribution in [2.45, 2.75) is 37.6 Å². The molecule has 3 atom stereocenters. The lowest BCUT2D eigenvalue weighted by Gasteiger charge is -2.10. The smallest absolute Gasteiger partial charge is 0.107 e. The van der Waals surface area contributed by atoms with Gasteiger partial charge in [-0.25, -0.2) is 0 Å². The van der Waals surface area contributed by atoms with E-state index in [-0.39, 0.29) is 18.8 Å². The predicted molar refractivity (Wildman–Crippen MR) is 45.8 cm³/mol. The predicted octanol–water partition coefficient (Wildman–Crippen LogP) is 0.463. The molecule has 0 radical (unpaired) electrons. The topological polar surface area (TPSA) is 49.7 Å². The fourth-order valence-electron chi connectivity index (χ4n) is 1.47. The number of ether oxygens (including phenoxy) is 1. The van der Waals surface area contributed by atoms with Gasteiger partial charge in [0.05, 0.1) is 18.8 Å². The van der Waals surface area contributed by atoms with Gasteiger partial charge in [-0.3, -0.25) is 0 Å². The van der Waals surface area contributed by atoms with Crippen molar-refractivity contribution in [1.29, 1.82) is 0 Å². The lowest BCUT2D eigenvalue weighted by Crippen LogP contribution is -2.24. The molecule has 0 aromatic heterocycles. The summed E-state index contributed by atoms with van der Waals surface area (Å²) in [6, 6.07) is 0. The molecule has 0 bridgehead atoms. The summed E-state index contributed by atoms with van der Waals surface area (Å²) in [5, 5.41) is 18.1. The van der Waals surface area contributed by atoms with Crippen molar-refractivity contribution in [1.82, 2.24) is 0 Å². The summed E-state index contributed by atoms with van der Waals surface area (Å²) >= 11 is 0. The number of aliphatic hydroxyl groups excluding tert-OH is 2. The van der Waals surface area contributed by atoms with E-state index < -0.39 is 6.10 Å². The van der Waals surface area contributed by atoms with Crippen molar-refractivity contribution in [3.8, 4) is 0 Å². The van der Waals surface area contributed by atoms with Crippen molar-refractivity contribution in [2.24, 2.45) is 0 Å². The van der Waals surface area contributed by atoms with Crippen LogP contribution in [-0.2, 0) is 4.74 Å². The number of allylic oxidation sites excluding steroid dienone is 1. The Labute approximate surface area is 72.7 Å². The van der Waals surface area contributed by atoms with Gasteiger partial charge in [0.1, 0.15) is 6.10 Å². The fraction of sp³-hybridized carbons (Fsp3) is 0.778. The Morgan fingerprint density at radius 3 is 2.83 bits per heavy atom. The molecule has 3 nitrogen and oxygen atoms in total. The van der Waals surface area contributed by atoms with Gasteiger partial charge in [-0.05, 0) is 12.8 Å². The van der Waals surface area contributed by atoms with Crippen LogP contribution in [0.25, 0.3) is 0 Å². The van der Waals surface area contributed by atoms with E-state index in [2.05, 4.69) is 6.58 Å². The molecule has 0 unspecified atom stereocenters. The van der Waals surface area contributed by atoms with E-state index in [1.165, 1.54) is 0 Å². The highest BCUT2D eigenvalue weighted by atomic mass is 16.5. The van der Waals surface area contributed by atoms with Gasteiger partial charge in [0.15, 0.2) is 0 Å². The van der Waals surface area contributed by atoms with Crippen LogP contribution in [0.5, 0.6) is 0 Å². The molecule has 70 valence electrons. The Balaban J connectivity index is 2.27. The van der Waals surface area contributed by atoms with Crippen LogP contribution in [0.3, 0.4) is 0 Å². The fourth-order valence-corrected chi connectivity index (χ4v) is 1.47. The molecule has 0 spiro atoms. The van der Waals surface area contributed by atoms with Crippen LogP contribution in [0.2, 0.25) is 0 Å². The SMILES string of the molecule is C=CCC[C@@H]1C[C@H](O)[C@@H](CO)O1. The molecule has 0 aromatic carbocycles. The summed E-state index contributed by atoms with van der Waals surface area (Å²) in [4.78, 5) is 0. The van der Waals surface area contributed by atoms with E-state index in [0.29, 0.717) is 6.42 Å². The third-order valence-corrected chi connectivity index (χ3v) is 2.17. The van der Waals surface area contributed by atoms with Gasteiger partial charge >= 0.3 is 0 Å². The van der Waals surface area contributed by atoms with Gasteiger partial charge in [0.2, 0.25) is 0 Å². The minimum absolute atomic E-state index is 0.0915. The van der Waals surface area contributed by atoms with Gasteiger partial charge in [0.25, 0.3) is 0 Å². The molecule has 2 N–H and O–H groups in total. The first-order valence-corrected chi connectivity index (χ1v) is 4.33. The number of hydrogen-bond donors (Lipinski definition) is 2. The van der Waals surface area contributed by atoms with E-state index in [9.17, 15) is 5.11 Å². The molecular formula is C9H16O3. The third-order valence-electron chi connectivity index (χ3n) is 2.17. The van der Waals surface area contributed by atoms with Gasteiger partial charge in [-0.15, -0.1) is 6.58 Å². The second kappa shape index (κ2) is 4.60. The minimum Gasteiger partial charge on any atom is -0.394 e. The summed E-state index contributed by atoms with van der Waals surface area (Å²) in [7, 11) is 0. The van der Waals surface area contributed by atoms with Crippen molar-refractivity contribution in [2.75, 3.05) is 6.61 Å². The molecule has 1 heterocycles. The highest BCUT2D eigenvalue weighted by Crippen LogP contribution is 2.23. The maximum atomic E-state index is 9.35. The molecule has 1 saturated heterocycles. The van der Waals surface area contributed by atoms with E-state index in [0.717, 1.165) is 12.8 Å². The molecule has 0 aromatic rings. The molecule has 0 amide bonds. The zero-order valence-corrected chi connectivity index (χ0v) is 7.15. The molecular weight excluding hydrogens is 156 g/mol. The van der Waals surface area contributed by atoms with Crippen LogP contribution >= 0.6 is 0 Å². The number of hydrogen-bond acceptors (Lipinski definition) is 3. The molecule has 12 heavy (non-hydrogen) atoms. The monoisotopic (exact) mass is 172 g/mol. The molecule has 3 heteroatoms. The first-order chi connectivity index (χ1) is 5.77. The Hall–Kier alpha value is -0.380. The van der Waals surface area contributed by atoms with Crippen LogP contribution in [-0.4, -0.2) is 35.1 Å². The molecule has 0 aliphatic carbocycles. The van der Waals surface area contributed by atoms with Gasteiger partial charge in [0, 0.05) is 6.42 Å². The van der Waals surface area contributed by atoms with E-state index in [1.807, 2.05) is 6.08 Å². The van der Waals surface area contributed by atoms with Crippen LogP contribution in [0, 0.1) is 0 Å². The second-order valence-electron chi connectivity index (χ2n) is 3.15. The lowest BCUT2D eigenvalue weighted by atomic mass is 10.1. The maximum Gasteiger partial charge on any atom is 0.107 e. The quantitative estimate of drug-likeness (QED) is 0.606. The Morgan fingerprint density at radius 2 is 2.33 bits per heavy atom. The van der Waals surface area contributed by atoms with Crippen LogP contribution in [0.15, 0.2) is 12.7 Å². The van der Waals surface area contributed by atoms with Crippen LogP contribution in [0.4, 0.5) is 0 Å². The van der Waals surface area contributed by atoms with Crippen LogP contribution < -0.4 is 0 Å². The Bertz CT molecular complexity index is 147. The summed E-state index contributed by atoms with van der Waals surface area (Å²) in [6.07, 6.45) is 3.48. The highest BCUT2D eigenvalue weighted by Gasteiger charge is 2.32. The summed E-state index contributed by atoms with van der Waals surface area (Å²) in [6.45, 7) is 3.52. The summed E-state index contributed by atoms with van der Waals surface area (Å²) in [5.41, 5.74) is 0. The average Bonchev–Trinajstić information content (AvgIpc) is 2.43. The number of aliphatic hydroxyl groups is 2. The van der Waals surface area contributed by atoms with Crippen molar-refractivity contribution >= 4 is 0 Å². The molecule has 1 aliphatic rings. The molecule has 1 aliphatic heterocycles. The zero-order chi connectivity index (χ0) is 8.97. The molecule has 1 rings (SSSR count). The van der Waals surface area contributed by atoms with Gasteiger partial charge < -0.3 is 14.9 Å². The summed E-state index contributed by atoms with van der Waals surface area (Å²) in [5.74, 6) is 0. The lowest BCUT2D eigenvalue weighted by molar-refractivity contribution is -0.0233. The van der Waals surface area contributed by atoms with Crippen molar-refractivity contribution in [3.63, 3.8) is 0 Å². The third kappa shape index (κ3) is 2.30. The van der Waals surface area contributed by atoms with Crippen molar-refractivity contribution in [3.05, 3.63) is 12.7 Å².